The van der Waals surface area contributed by atoms with Crippen LogP contribution >= 0.6 is 0 Å². The van der Waals surface area contributed by atoms with Gasteiger partial charge in [0.2, 0.25) is 0 Å². The summed E-state index contributed by atoms with van der Waals surface area (Å²) in [4.78, 5) is 12.8. The fourth-order valence-corrected chi connectivity index (χ4v) is 11.0. The Morgan fingerprint density at radius 1 is 0.689 bits per heavy atom. The molecule has 0 saturated heterocycles. The molecule has 4 rings (SSSR count). The summed E-state index contributed by atoms with van der Waals surface area (Å²) in [5.41, 5.74) is 2.59. The highest BCUT2D eigenvalue weighted by molar-refractivity contribution is 5.69. The molecule has 0 amide bonds. The topological polar surface area (TPSA) is 26.3 Å². The molecule has 0 aromatic rings. The Balaban J connectivity index is 1.12. The molecule has 0 heterocycles. The van der Waals surface area contributed by atoms with Crippen molar-refractivity contribution in [2.24, 2.45) is 34.5 Å². The zero-order valence-electron chi connectivity index (χ0n) is 30.8. The molecular weight excluding hydrogens is 548 g/mol. The lowest BCUT2D eigenvalue weighted by Crippen LogP contribution is -2.50. The number of fused-ring (bicyclic) bond motifs is 5. The van der Waals surface area contributed by atoms with Crippen molar-refractivity contribution in [3.8, 4) is 0 Å². The van der Waals surface area contributed by atoms with Crippen molar-refractivity contribution in [1.82, 2.24) is 0 Å². The van der Waals surface area contributed by atoms with E-state index < -0.39 is 0 Å². The third-order valence-corrected chi connectivity index (χ3v) is 13.9. The molecule has 0 aromatic heterocycles. The second kappa shape index (κ2) is 19.3. The summed E-state index contributed by atoms with van der Waals surface area (Å²) in [6.07, 6.45) is 41.4. The van der Waals surface area contributed by atoms with Crippen LogP contribution in [0.5, 0.6) is 0 Å². The van der Waals surface area contributed by atoms with Crippen LogP contribution in [0.1, 0.15) is 214 Å². The van der Waals surface area contributed by atoms with Crippen molar-refractivity contribution >= 4 is 5.97 Å². The largest absolute Gasteiger partial charge is 0.462 e. The van der Waals surface area contributed by atoms with E-state index in [0.29, 0.717) is 17.3 Å². The molecule has 0 aromatic carbocycles. The average Bonchev–Trinajstić information content (AvgIpc) is 3.37. The number of rotatable bonds is 22. The fourth-order valence-electron chi connectivity index (χ4n) is 11.0. The zero-order valence-corrected chi connectivity index (χ0v) is 30.8. The van der Waals surface area contributed by atoms with E-state index in [1.807, 2.05) is 0 Å². The minimum absolute atomic E-state index is 0.0664. The first-order chi connectivity index (χ1) is 21.9. The molecule has 4 aliphatic rings. The van der Waals surface area contributed by atoms with E-state index >= 15 is 0 Å². The van der Waals surface area contributed by atoms with Crippen LogP contribution in [0.15, 0.2) is 11.6 Å². The molecule has 3 saturated carbocycles. The van der Waals surface area contributed by atoms with Gasteiger partial charge in [-0.15, -0.1) is 0 Å². The maximum Gasteiger partial charge on any atom is 0.306 e. The van der Waals surface area contributed by atoms with E-state index in [2.05, 4.69) is 33.8 Å². The summed E-state index contributed by atoms with van der Waals surface area (Å²) >= 11 is 0. The minimum Gasteiger partial charge on any atom is -0.462 e. The second-order valence-corrected chi connectivity index (χ2v) is 17.0. The first-order valence-corrected chi connectivity index (χ1v) is 20.8. The number of unbranched alkanes of at least 4 members (excludes halogenated alkanes) is 17. The van der Waals surface area contributed by atoms with Crippen molar-refractivity contribution < 1.29 is 9.53 Å². The van der Waals surface area contributed by atoms with Crippen molar-refractivity contribution in [1.29, 1.82) is 0 Å². The van der Waals surface area contributed by atoms with Gasteiger partial charge in [-0.3, -0.25) is 4.79 Å². The van der Waals surface area contributed by atoms with Crippen molar-refractivity contribution in [2.75, 3.05) is 0 Å². The molecule has 0 N–H and O–H groups in total. The molecule has 45 heavy (non-hydrogen) atoms. The summed E-state index contributed by atoms with van der Waals surface area (Å²) in [6.45, 7) is 9.92. The number of allylic oxidation sites excluding steroid dienone is 1. The van der Waals surface area contributed by atoms with Crippen LogP contribution in [0, 0.1) is 34.5 Å². The zero-order chi connectivity index (χ0) is 32.0. The highest BCUT2D eigenvalue weighted by Crippen LogP contribution is 2.66. The van der Waals surface area contributed by atoms with Crippen LogP contribution in [0.3, 0.4) is 0 Å². The van der Waals surface area contributed by atoms with Crippen molar-refractivity contribution in [3.05, 3.63) is 11.6 Å². The molecular formula is C43H76O2. The van der Waals surface area contributed by atoms with Gasteiger partial charge in [0.05, 0.1) is 0 Å². The maximum atomic E-state index is 12.8. The number of ether oxygens (including phenoxy) is 1. The van der Waals surface area contributed by atoms with E-state index in [1.165, 1.54) is 161 Å². The fraction of sp³-hybridized carbons (Fsp3) is 0.930. The minimum atomic E-state index is 0.0664. The lowest BCUT2D eigenvalue weighted by atomic mass is 9.47. The third kappa shape index (κ3) is 10.3. The smallest absolute Gasteiger partial charge is 0.306 e. The highest BCUT2D eigenvalue weighted by Gasteiger charge is 2.58. The van der Waals surface area contributed by atoms with Gasteiger partial charge in [0, 0.05) is 12.8 Å². The number of hydrogen-bond acceptors (Lipinski definition) is 2. The number of carbonyl (C=O) groups excluding carboxylic acids is 1. The summed E-state index contributed by atoms with van der Waals surface area (Å²) < 4.78 is 6.12. The number of esters is 1. The Kier molecular flexibility index (Phi) is 15.9. The second-order valence-electron chi connectivity index (χ2n) is 17.0. The van der Waals surface area contributed by atoms with Crippen molar-refractivity contribution in [2.45, 2.75) is 220 Å². The van der Waals surface area contributed by atoms with Crippen LogP contribution in [0.4, 0.5) is 0 Å². The predicted molar refractivity (Wildman–Crippen MR) is 193 cm³/mol. The van der Waals surface area contributed by atoms with Gasteiger partial charge in [-0.05, 0) is 92.3 Å². The average molecular weight is 625 g/mol. The Morgan fingerprint density at radius 2 is 1.27 bits per heavy atom. The monoisotopic (exact) mass is 625 g/mol. The van der Waals surface area contributed by atoms with Crippen LogP contribution in [0.25, 0.3) is 0 Å². The van der Waals surface area contributed by atoms with Crippen LogP contribution in [0.2, 0.25) is 0 Å². The van der Waals surface area contributed by atoms with Gasteiger partial charge in [-0.1, -0.05) is 155 Å². The molecule has 0 bridgehead atoms. The normalized spacial score (nSPS) is 32.4. The first-order valence-electron chi connectivity index (χ1n) is 20.8. The molecule has 0 radical (unpaired) electrons. The summed E-state index contributed by atoms with van der Waals surface area (Å²) in [6, 6.07) is 0. The Morgan fingerprint density at radius 3 is 1.89 bits per heavy atom. The number of hydrogen-bond donors (Lipinski definition) is 0. The maximum absolute atomic E-state index is 12.8. The first kappa shape index (κ1) is 37.0. The van der Waals surface area contributed by atoms with E-state index in [-0.39, 0.29) is 12.1 Å². The van der Waals surface area contributed by atoms with Gasteiger partial charge < -0.3 is 4.74 Å². The molecule has 7 atom stereocenters. The number of carbonyl (C=O) groups is 1. The Hall–Kier alpha value is -0.790. The van der Waals surface area contributed by atoms with E-state index in [9.17, 15) is 4.79 Å². The van der Waals surface area contributed by atoms with Gasteiger partial charge >= 0.3 is 5.97 Å². The van der Waals surface area contributed by atoms with Crippen LogP contribution in [-0.2, 0) is 9.53 Å². The third-order valence-electron chi connectivity index (χ3n) is 13.9. The quantitative estimate of drug-likeness (QED) is 0.0680. The van der Waals surface area contributed by atoms with E-state index in [0.717, 1.165) is 42.9 Å². The summed E-state index contributed by atoms with van der Waals surface area (Å²) in [7, 11) is 0. The standard InChI is InChI=1S/C43H76O2/c1-5-7-9-11-13-14-15-16-17-18-19-21-23-25-41(44)45-37-30-32-43(4)36(34-37)26-28-38-39-29-27-35(24-22-20-12-10-8-6-2)42(39,3)33-31-40(38)43/h26,35,37-40H,5-25,27-34H2,1-4H3/t35-,37+,38+,39+,40+,42-,43+/m1/s1. The SMILES string of the molecule is CCCCCCCCCCCCCCCC(=O)O[C@H]1CC[C@@]2(C)C(=CC[C@H]3[C@@H]4CC[C@@H](CCCCCCCC)[C@@]4(C)CC[C@@H]32)C1. The molecule has 3 fully saturated rings. The van der Waals surface area contributed by atoms with Crippen LogP contribution in [-0.4, -0.2) is 12.1 Å². The summed E-state index contributed by atoms with van der Waals surface area (Å²) in [5.74, 6) is 3.72. The lowest BCUT2D eigenvalue weighted by molar-refractivity contribution is -0.151. The Labute approximate surface area is 281 Å². The highest BCUT2D eigenvalue weighted by atomic mass is 16.5. The van der Waals surface area contributed by atoms with Gasteiger partial charge in [-0.2, -0.15) is 0 Å². The molecule has 0 spiro atoms. The molecule has 260 valence electrons. The molecule has 0 aliphatic heterocycles. The van der Waals surface area contributed by atoms with E-state index in [4.69, 9.17) is 4.74 Å². The molecule has 4 aliphatic carbocycles. The summed E-state index contributed by atoms with van der Waals surface area (Å²) in [5, 5.41) is 0. The molecule has 0 unspecified atom stereocenters. The van der Waals surface area contributed by atoms with Gasteiger partial charge in [0.25, 0.3) is 0 Å². The molecule has 2 nitrogen and oxygen atoms in total. The van der Waals surface area contributed by atoms with Gasteiger partial charge in [0.1, 0.15) is 6.10 Å². The molecule has 2 heteroatoms. The predicted octanol–water partition coefficient (Wildman–Crippen LogP) is 13.7. The van der Waals surface area contributed by atoms with Crippen LogP contribution < -0.4 is 0 Å². The van der Waals surface area contributed by atoms with Crippen molar-refractivity contribution in [3.63, 3.8) is 0 Å². The van der Waals surface area contributed by atoms with E-state index in [1.54, 1.807) is 5.57 Å². The van der Waals surface area contributed by atoms with Gasteiger partial charge in [0.15, 0.2) is 0 Å². The lowest BCUT2D eigenvalue weighted by Gasteiger charge is -2.58. The van der Waals surface area contributed by atoms with Gasteiger partial charge in [-0.25, -0.2) is 0 Å². The Bertz CT molecular complexity index is 875.